The van der Waals surface area contributed by atoms with Crippen molar-refractivity contribution in [3.63, 3.8) is 0 Å². The van der Waals surface area contributed by atoms with Gasteiger partial charge in [0.15, 0.2) is 0 Å². The first-order valence-corrected chi connectivity index (χ1v) is 8.71. The van der Waals surface area contributed by atoms with Crippen molar-refractivity contribution in [2.45, 2.75) is 45.4 Å². The number of thioether (sulfide) groups is 1. The summed E-state index contributed by atoms with van der Waals surface area (Å²) in [5, 5.41) is 13.2. The molecule has 3 atom stereocenters. The summed E-state index contributed by atoms with van der Waals surface area (Å²) in [4.78, 5) is 0. The van der Waals surface area contributed by atoms with Crippen LogP contribution in [0.3, 0.4) is 0 Å². The molecule has 3 heteroatoms. The molecule has 1 aromatic carbocycles. The molecule has 0 heterocycles. The Labute approximate surface area is 128 Å². The Morgan fingerprint density at radius 2 is 1.80 bits per heavy atom. The molecule has 0 saturated heterocycles. The minimum Gasteiger partial charge on any atom is -0.396 e. The summed E-state index contributed by atoms with van der Waals surface area (Å²) in [5.41, 5.74) is 2.75. The van der Waals surface area contributed by atoms with Crippen molar-refractivity contribution in [2.24, 2.45) is 5.92 Å². The van der Waals surface area contributed by atoms with Crippen molar-refractivity contribution < 1.29 is 5.11 Å². The molecule has 0 aliphatic carbocycles. The molecule has 0 aliphatic rings. The van der Waals surface area contributed by atoms with E-state index in [2.05, 4.69) is 57.3 Å². The van der Waals surface area contributed by atoms with Crippen molar-refractivity contribution in [1.82, 2.24) is 5.32 Å². The Balaban J connectivity index is 2.70. The number of hydrogen-bond donors (Lipinski definition) is 2. The smallest absolute Gasteiger partial charge is 0.0464 e. The highest BCUT2D eigenvalue weighted by molar-refractivity contribution is 7.99. The quantitative estimate of drug-likeness (QED) is 0.729. The van der Waals surface area contributed by atoms with Crippen LogP contribution in [0.4, 0.5) is 0 Å². The molecular weight excluding hydrogens is 266 g/mol. The third kappa shape index (κ3) is 5.47. The third-order valence-corrected chi connectivity index (χ3v) is 5.16. The molecule has 2 nitrogen and oxygen atoms in total. The monoisotopic (exact) mass is 295 g/mol. The van der Waals surface area contributed by atoms with Gasteiger partial charge in [-0.05, 0) is 35.8 Å². The van der Waals surface area contributed by atoms with Crippen LogP contribution in [0.2, 0.25) is 0 Å². The molecule has 0 fully saturated rings. The van der Waals surface area contributed by atoms with Gasteiger partial charge in [0, 0.05) is 17.9 Å². The van der Waals surface area contributed by atoms with E-state index in [1.807, 2.05) is 11.8 Å². The van der Waals surface area contributed by atoms with Gasteiger partial charge in [-0.1, -0.05) is 52.0 Å². The number of hydrogen-bond acceptors (Lipinski definition) is 3. The number of rotatable bonds is 9. The summed E-state index contributed by atoms with van der Waals surface area (Å²) in [6.07, 6.45) is 1.09. The molecular formula is C17H29NOS. The van der Waals surface area contributed by atoms with E-state index in [4.69, 9.17) is 5.11 Å². The molecule has 0 saturated carbocycles. The van der Waals surface area contributed by atoms with E-state index < -0.39 is 0 Å². The summed E-state index contributed by atoms with van der Waals surface area (Å²) in [6.45, 7) is 9.96. The van der Waals surface area contributed by atoms with Crippen LogP contribution in [0.1, 0.15) is 44.9 Å². The standard InChI is InChI=1S/C17H29NOS/c1-5-15-7-9-16(10-8-15)17(18-6-2)14(4)20-12-13(3)11-19/h7-10,13-14,17-19H,5-6,11-12H2,1-4H3. The molecule has 0 amide bonds. The molecule has 1 aromatic rings. The van der Waals surface area contributed by atoms with Crippen molar-refractivity contribution in [2.75, 3.05) is 18.9 Å². The lowest BCUT2D eigenvalue weighted by molar-refractivity contribution is 0.250. The number of nitrogens with one attached hydrogen (secondary N) is 1. The Morgan fingerprint density at radius 1 is 1.15 bits per heavy atom. The summed E-state index contributed by atoms with van der Waals surface area (Å²) in [6, 6.07) is 9.33. The van der Waals surface area contributed by atoms with E-state index in [1.54, 1.807) is 0 Å². The summed E-state index contributed by atoms with van der Waals surface area (Å²) in [7, 11) is 0. The third-order valence-electron chi connectivity index (χ3n) is 3.60. The largest absolute Gasteiger partial charge is 0.396 e. The van der Waals surface area contributed by atoms with Crippen LogP contribution in [0.15, 0.2) is 24.3 Å². The molecule has 0 aromatic heterocycles. The van der Waals surface area contributed by atoms with E-state index >= 15 is 0 Å². The second-order valence-electron chi connectivity index (χ2n) is 5.46. The van der Waals surface area contributed by atoms with Gasteiger partial charge in [0.2, 0.25) is 0 Å². The second-order valence-corrected chi connectivity index (χ2v) is 6.87. The van der Waals surface area contributed by atoms with Crippen LogP contribution in [-0.4, -0.2) is 29.3 Å². The Kier molecular flexibility index (Phi) is 8.27. The van der Waals surface area contributed by atoms with Crippen molar-refractivity contribution in [3.8, 4) is 0 Å². The Hall–Kier alpha value is -0.510. The fraction of sp³-hybridized carbons (Fsp3) is 0.647. The van der Waals surface area contributed by atoms with Gasteiger partial charge in [-0.25, -0.2) is 0 Å². The Bertz CT molecular complexity index is 366. The van der Waals surface area contributed by atoms with E-state index in [-0.39, 0.29) is 6.61 Å². The molecule has 0 radical (unpaired) electrons. The number of aryl methyl sites for hydroxylation is 1. The molecule has 20 heavy (non-hydrogen) atoms. The first-order valence-electron chi connectivity index (χ1n) is 7.67. The lowest BCUT2D eigenvalue weighted by Crippen LogP contribution is -2.29. The highest BCUT2D eigenvalue weighted by atomic mass is 32.2. The van der Waals surface area contributed by atoms with Gasteiger partial charge in [0.25, 0.3) is 0 Å². The van der Waals surface area contributed by atoms with Crippen LogP contribution >= 0.6 is 11.8 Å². The second kappa shape index (κ2) is 9.43. The highest BCUT2D eigenvalue weighted by Crippen LogP contribution is 2.28. The van der Waals surface area contributed by atoms with Crippen molar-refractivity contribution >= 4 is 11.8 Å². The zero-order valence-electron chi connectivity index (χ0n) is 13.2. The Morgan fingerprint density at radius 3 is 2.30 bits per heavy atom. The maximum Gasteiger partial charge on any atom is 0.0464 e. The molecule has 2 N–H and O–H groups in total. The molecule has 1 rings (SSSR count). The summed E-state index contributed by atoms with van der Waals surface area (Å²) in [5.74, 6) is 1.37. The average molecular weight is 295 g/mol. The van der Waals surface area contributed by atoms with E-state index in [1.165, 1.54) is 11.1 Å². The minimum atomic E-state index is 0.275. The van der Waals surface area contributed by atoms with Gasteiger partial charge in [0.05, 0.1) is 0 Å². The average Bonchev–Trinajstić information content (AvgIpc) is 2.50. The fourth-order valence-corrected chi connectivity index (χ4v) is 3.38. The normalized spacial score (nSPS) is 15.8. The predicted molar refractivity (Wildman–Crippen MR) is 90.4 cm³/mol. The predicted octanol–water partition coefficient (Wildman–Crippen LogP) is 3.65. The van der Waals surface area contributed by atoms with Crippen LogP contribution in [0.5, 0.6) is 0 Å². The number of aliphatic hydroxyl groups excluding tert-OH is 1. The van der Waals surface area contributed by atoms with E-state index in [0.717, 1.165) is 18.7 Å². The van der Waals surface area contributed by atoms with Crippen LogP contribution < -0.4 is 5.32 Å². The molecule has 0 aliphatic heterocycles. The number of benzene rings is 1. The fourth-order valence-electron chi connectivity index (χ4n) is 2.20. The first kappa shape index (κ1) is 17.5. The highest BCUT2D eigenvalue weighted by Gasteiger charge is 2.19. The maximum absolute atomic E-state index is 9.14. The molecule has 114 valence electrons. The zero-order valence-corrected chi connectivity index (χ0v) is 14.0. The van der Waals surface area contributed by atoms with Gasteiger partial charge in [0.1, 0.15) is 0 Å². The lowest BCUT2D eigenvalue weighted by atomic mass is 10.0. The van der Waals surface area contributed by atoms with Crippen LogP contribution in [-0.2, 0) is 6.42 Å². The lowest BCUT2D eigenvalue weighted by Gasteiger charge is -2.26. The van der Waals surface area contributed by atoms with Gasteiger partial charge in [-0.15, -0.1) is 0 Å². The molecule has 0 bridgehead atoms. The van der Waals surface area contributed by atoms with E-state index in [9.17, 15) is 0 Å². The number of aliphatic hydroxyl groups is 1. The van der Waals surface area contributed by atoms with E-state index in [0.29, 0.717) is 17.2 Å². The van der Waals surface area contributed by atoms with Gasteiger partial charge in [-0.2, -0.15) is 11.8 Å². The molecule has 3 unspecified atom stereocenters. The van der Waals surface area contributed by atoms with Gasteiger partial charge < -0.3 is 10.4 Å². The maximum atomic E-state index is 9.14. The van der Waals surface area contributed by atoms with Gasteiger partial charge >= 0.3 is 0 Å². The summed E-state index contributed by atoms with van der Waals surface area (Å²) < 4.78 is 0. The zero-order chi connectivity index (χ0) is 15.0. The van der Waals surface area contributed by atoms with Crippen LogP contribution in [0, 0.1) is 5.92 Å². The molecule has 0 spiro atoms. The minimum absolute atomic E-state index is 0.275. The topological polar surface area (TPSA) is 32.3 Å². The van der Waals surface area contributed by atoms with Crippen LogP contribution in [0.25, 0.3) is 0 Å². The SMILES string of the molecule is CCNC(c1ccc(CC)cc1)C(C)SCC(C)CO. The van der Waals surface area contributed by atoms with Crippen molar-refractivity contribution in [3.05, 3.63) is 35.4 Å². The first-order chi connectivity index (χ1) is 9.62. The van der Waals surface area contributed by atoms with Gasteiger partial charge in [-0.3, -0.25) is 0 Å². The van der Waals surface area contributed by atoms with Crippen molar-refractivity contribution in [1.29, 1.82) is 0 Å². The summed E-state index contributed by atoms with van der Waals surface area (Å²) >= 11 is 1.94.